The number of methoxy groups -OCH3 is 1. The van der Waals surface area contributed by atoms with Crippen LogP contribution in [-0.4, -0.2) is 18.9 Å². The summed E-state index contributed by atoms with van der Waals surface area (Å²) in [5.74, 6) is -0.256. The molecule has 0 heterocycles. The maximum absolute atomic E-state index is 11.9. The number of halogens is 1. The topological polar surface area (TPSA) is 43.4 Å². The first-order valence-corrected chi connectivity index (χ1v) is 6.20. The lowest BCUT2D eigenvalue weighted by atomic mass is 10.0. The van der Waals surface area contributed by atoms with Crippen LogP contribution in [0.1, 0.15) is 40.7 Å². The number of ketones is 1. The Morgan fingerprint density at radius 1 is 1.17 bits per heavy atom. The molecule has 0 aromatic heterocycles. The minimum absolute atomic E-state index is 0.0294. The Hall–Kier alpha value is -1.35. The molecule has 0 aliphatic carbocycles. The number of aryl methyl sites for hydroxylation is 2. The fraction of sp³-hybridized carbons (Fsp3) is 0.429. The van der Waals surface area contributed by atoms with Gasteiger partial charge in [0.05, 0.1) is 7.11 Å². The molecule has 0 bridgehead atoms. The van der Waals surface area contributed by atoms with Gasteiger partial charge in [0.2, 0.25) is 0 Å². The summed E-state index contributed by atoms with van der Waals surface area (Å²) >= 11 is 6.05. The van der Waals surface area contributed by atoms with Crippen molar-refractivity contribution in [2.75, 3.05) is 7.11 Å². The summed E-state index contributed by atoms with van der Waals surface area (Å²) in [7, 11) is 1.34. The van der Waals surface area contributed by atoms with Crippen molar-refractivity contribution < 1.29 is 14.3 Å². The number of rotatable bonds is 5. The van der Waals surface area contributed by atoms with Gasteiger partial charge in [-0.15, -0.1) is 0 Å². The van der Waals surface area contributed by atoms with Crippen LogP contribution in [0.15, 0.2) is 12.1 Å². The van der Waals surface area contributed by atoms with Crippen molar-refractivity contribution in [1.29, 1.82) is 0 Å². The van der Waals surface area contributed by atoms with E-state index in [0.717, 1.165) is 11.1 Å². The molecule has 0 saturated heterocycles. The molecule has 98 valence electrons. The van der Waals surface area contributed by atoms with E-state index in [1.54, 1.807) is 12.1 Å². The molecule has 1 rings (SSSR count). The first-order chi connectivity index (χ1) is 8.45. The highest BCUT2D eigenvalue weighted by molar-refractivity contribution is 6.32. The number of carbonyl (C=O) groups excluding carboxylic acids is 2. The molecule has 18 heavy (non-hydrogen) atoms. The number of carbonyl (C=O) groups is 2. The summed E-state index contributed by atoms with van der Waals surface area (Å²) in [6, 6.07) is 3.58. The molecule has 0 atom stereocenters. The second-order valence-corrected chi connectivity index (χ2v) is 4.65. The molecule has 4 heteroatoms. The smallest absolute Gasteiger partial charge is 0.305 e. The molecular weight excluding hydrogens is 252 g/mol. The van der Waals surface area contributed by atoms with E-state index in [-0.39, 0.29) is 18.2 Å². The predicted molar refractivity (Wildman–Crippen MR) is 71.1 cm³/mol. The highest BCUT2D eigenvalue weighted by Gasteiger charge is 2.10. The molecule has 0 spiro atoms. The number of hydrogen-bond acceptors (Lipinski definition) is 3. The van der Waals surface area contributed by atoms with Gasteiger partial charge in [0.1, 0.15) is 0 Å². The third-order valence-electron chi connectivity index (χ3n) is 2.77. The largest absolute Gasteiger partial charge is 0.469 e. The molecule has 0 radical (unpaired) electrons. The van der Waals surface area contributed by atoms with Crippen molar-refractivity contribution in [3.05, 3.63) is 33.8 Å². The Labute approximate surface area is 112 Å². The van der Waals surface area contributed by atoms with E-state index in [2.05, 4.69) is 4.74 Å². The number of benzene rings is 1. The molecule has 1 aromatic rings. The molecule has 0 fully saturated rings. The molecule has 3 nitrogen and oxygen atoms in total. The number of hydrogen-bond donors (Lipinski definition) is 0. The van der Waals surface area contributed by atoms with Crippen molar-refractivity contribution in [1.82, 2.24) is 0 Å². The van der Waals surface area contributed by atoms with Crippen molar-refractivity contribution in [3.8, 4) is 0 Å². The van der Waals surface area contributed by atoms with E-state index >= 15 is 0 Å². The monoisotopic (exact) mass is 268 g/mol. The van der Waals surface area contributed by atoms with Gasteiger partial charge in [0, 0.05) is 23.4 Å². The summed E-state index contributed by atoms with van der Waals surface area (Å²) in [6.07, 6.45) is 1.12. The fourth-order valence-corrected chi connectivity index (χ4v) is 1.86. The van der Waals surface area contributed by atoms with Crippen LogP contribution in [0.4, 0.5) is 0 Å². The second kappa shape index (κ2) is 6.55. The van der Waals surface area contributed by atoms with Crippen LogP contribution in [0.3, 0.4) is 0 Å². The predicted octanol–water partition coefficient (Wildman–Crippen LogP) is 3.48. The van der Waals surface area contributed by atoms with Gasteiger partial charge in [0.25, 0.3) is 0 Å². The minimum atomic E-state index is -0.286. The molecule has 0 unspecified atom stereocenters. The molecule has 0 amide bonds. The van der Waals surface area contributed by atoms with Gasteiger partial charge >= 0.3 is 5.97 Å². The van der Waals surface area contributed by atoms with E-state index < -0.39 is 0 Å². The zero-order chi connectivity index (χ0) is 13.7. The maximum atomic E-state index is 11.9. The Bertz CT molecular complexity index is 443. The molecule has 0 aliphatic rings. The fourth-order valence-electron chi connectivity index (χ4n) is 1.75. The van der Waals surface area contributed by atoms with Gasteiger partial charge in [-0.05, 0) is 43.5 Å². The van der Waals surface area contributed by atoms with E-state index in [1.165, 1.54) is 7.11 Å². The SMILES string of the molecule is COC(=O)CCCC(=O)c1cc(C)c(Cl)c(C)c1. The van der Waals surface area contributed by atoms with Crippen molar-refractivity contribution in [2.45, 2.75) is 33.1 Å². The number of Topliss-reactive ketones (excluding diaryl/α,β-unsaturated/α-hetero) is 1. The Kier molecular flexibility index (Phi) is 5.35. The highest BCUT2D eigenvalue weighted by atomic mass is 35.5. The number of esters is 1. The summed E-state index contributed by atoms with van der Waals surface area (Å²) in [6.45, 7) is 3.75. The number of ether oxygens (including phenoxy) is 1. The third-order valence-corrected chi connectivity index (χ3v) is 3.37. The van der Waals surface area contributed by atoms with Gasteiger partial charge in [-0.3, -0.25) is 9.59 Å². The van der Waals surface area contributed by atoms with Crippen LogP contribution < -0.4 is 0 Å². The lowest BCUT2D eigenvalue weighted by Crippen LogP contribution is -2.04. The zero-order valence-electron chi connectivity index (χ0n) is 10.9. The average molecular weight is 269 g/mol. The standard InChI is InChI=1S/C14H17ClO3/c1-9-7-11(8-10(2)14(9)15)12(16)5-4-6-13(17)18-3/h7-8H,4-6H2,1-3H3. The third kappa shape index (κ3) is 3.84. The summed E-state index contributed by atoms with van der Waals surface area (Å²) in [4.78, 5) is 22.9. The summed E-state index contributed by atoms with van der Waals surface area (Å²) in [5, 5.41) is 0.695. The van der Waals surface area contributed by atoms with Crippen molar-refractivity contribution >= 4 is 23.4 Å². The Balaban J connectivity index is 2.65. The van der Waals surface area contributed by atoms with Crippen LogP contribution in [-0.2, 0) is 9.53 Å². The highest BCUT2D eigenvalue weighted by Crippen LogP contribution is 2.22. The van der Waals surface area contributed by atoms with Crippen molar-refractivity contribution in [2.24, 2.45) is 0 Å². The van der Waals surface area contributed by atoms with Gasteiger partial charge < -0.3 is 4.74 Å². The van der Waals surface area contributed by atoms with E-state index in [1.807, 2.05) is 13.8 Å². The molecule has 0 N–H and O–H groups in total. The van der Waals surface area contributed by atoms with Crippen LogP contribution >= 0.6 is 11.6 Å². The molecule has 0 aliphatic heterocycles. The van der Waals surface area contributed by atoms with E-state index in [9.17, 15) is 9.59 Å². The van der Waals surface area contributed by atoms with Crippen LogP contribution in [0, 0.1) is 13.8 Å². The lowest BCUT2D eigenvalue weighted by Gasteiger charge is -2.07. The van der Waals surface area contributed by atoms with Gasteiger partial charge in [0.15, 0.2) is 5.78 Å². The first kappa shape index (κ1) is 14.7. The minimum Gasteiger partial charge on any atom is -0.469 e. The van der Waals surface area contributed by atoms with E-state index in [4.69, 9.17) is 11.6 Å². The Morgan fingerprint density at radius 2 is 1.72 bits per heavy atom. The maximum Gasteiger partial charge on any atom is 0.305 e. The molecular formula is C14H17ClO3. The van der Waals surface area contributed by atoms with Gasteiger partial charge in [-0.1, -0.05) is 11.6 Å². The van der Waals surface area contributed by atoms with Crippen molar-refractivity contribution in [3.63, 3.8) is 0 Å². The van der Waals surface area contributed by atoms with E-state index in [0.29, 0.717) is 23.4 Å². The molecule has 1 aromatic carbocycles. The quantitative estimate of drug-likeness (QED) is 0.606. The molecule has 0 saturated carbocycles. The summed E-state index contributed by atoms with van der Waals surface area (Å²) < 4.78 is 4.52. The first-order valence-electron chi connectivity index (χ1n) is 5.82. The normalized spacial score (nSPS) is 10.2. The van der Waals surface area contributed by atoms with Gasteiger partial charge in [-0.2, -0.15) is 0 Å². The van der Waals surface area contributed by atoms with Crippen LogP contribution in [0.2, 0.25) is 5.02 Å². The lowest BCUT2D eigenvalue weighted by molar-refractivity contribution is -0.140. The van der Waals surface area contributed by atoms with Gasteiger partial charge in [-0.25, -0.2) is 0 Å². The van der Waals surface area contributed by atoms with Crippen LogP contribution in [0.25, 0.3) is 0 Å². The summed E-state index contributed by atoms with van der Waals surface area (Å²) in [5.41, 5.74) is 2.44. The zero-order valence-corrected chi connectivity index (χ0v) is 11.6. The second-order valence-electron chi connectivity index (χ2n) is 4.28. The average Bonchev–Trinajstić information content (AvgIpc) is 2.34. The van der Waals surface area contributed by atoms with Crippen LogP contribution in [0.5, 0.6) is 0 Å². The Morgan fingerprint density at radius 3 is 2.22 bits per heavy atom.